The van der Waals surface area contributed by atoms with Gasteiger partial charge in [0.25, 0.3) is 0 Å². The first-order valence-electron chi connectivity index (χ1n) is 6.04. The van der Waals surface area contributed by atoms with Gasteiger partial charge >= 0.3 is 0 Å². The molecule has 1 atom stereocenters. The second-order valence-corrected chi connectivity index (χ2v) is 4.45. The largest absolute Gasteiger partial charge is 0.312 e. The number of hydrogen-bond donors (Lipinski definition) is 1. The molecule has 1 N–H and O–H groups in total. The molecule has 0 amide bonds. The molecule has 0 spiro atoms. The van der Waals surface area contributed by atoms with Crippen LogP contribution >= 0.6 is 0 Å². The van der Waals surface area contributed by atoms with Crippen molar-refractivity contribution in [2.75, 3.05) is 7.05 Å². The highest BCUT2D eigenvalue weighted by Gasteiger charge is 2.23. The fraction of sp³-hybridized carbons (Fsp3) is 0.750. The van der Waals surface area contributed by atoms with E-state index in [0.717, 1.165) is 12.5 Å². The van der Waals surface area contributed by atoms with Crippen LogP contribution in [0.3, 0.4) is 0 Å². The predicted molar refractivity (Wildman–Crippen MR) is 61.7 cm³/mol. The molecule has 1 aromatic rings. The number of nitrogens with zero attached hydrogens (tertiary/aromatic N) is 2. The van der Waals surface area contributed by atoms with Gasteiger partial charge in [0.15, 0.2) is 0 Å². The minimum absolute atomic E-state index is 0.484. The first-order chi connectivity index (χ1) is 7.35. The van der Waals surface area contributed by atoms with Gasteiger partial charge in [-0.15, -0.1) is 0 Å². The van der Waals surface area contributed by atoms with E-state index in [1.54, 1.807) is 0 Å². The third-order valence-electron chi connectivity index (χ3n) is 3.55. The van der Waals surface area contributed by atoms with E-state index in [1.807, 2.05) is 6.20 Å². The quantitative estimate of drug-likeness (QED) is 0.803. The molecule has 84 valence electrons. The van der Waals surface area contributed by atoms with Crippen molar-refractivity contribution in [3.05, 3.63) is 18.0 Å². The molecule has 1 fully saturated rings. The first-order valence-corrected chi connectivity index (χ1v) is 6.04. The molecular formula is C12H21N3. The number of aromatic nitrogens is 2. The van der Waals surface area contributed by atoms with E-state index < -0.39 is 0 Å². The molecule has 15 heavy (non-hydrogen) atoms. The molecule has 1 aliphatic rings. The Kier molecular flexibility index (Phi) is 3.41. The second kappa shape index (κ2) is 4.79. The molecule has 0 saturated heterocycles. The van der Waals surface area contributed by atoms with E-state index in [2.05, 4.69) is 35.1 Å². The average molecular weight is 207 g/mol. The van der Waals surface area contributed by atoms with Gasteiger partial charge in [0.1, 0.15) is 0 Å². The Balaban J connectivity index is 2.04. The van der Waals surface area contributed by atoms with E-state index in [-0.39, 0.29) is 0 Å². The Hall–Kier alpha value is -0.830. The highest BCUT2D eigenvalue weighted by Crippen LogP contribution is 2.34. The zero-order valence-corrected chi connectivity index (χ0v) is 9.74. The van der Waals surface area contributed by atoms with Crippen LogP contribution in [0.4, 0.5) is 0 Å². The lowest BCUT2D eigenvalue weighted by Crippen LogP contribution is -2.25. The van der Waals surface area contributed by atoms with Crippen LogP contribution in [-0.2, 0) is 6.54 Å². The van der Waals surface area contributed by atoms with Gasteiger partial charge in [-0.3, -0.25) is 4.68 Å². The second-order valence-electron chi connectivity index (χ2n) is 4.45. The summed E-state index contributed by atoms with van der Waals surface area (Å²) < 4.78 is 2.10. The van der Waals surface area contributed by atoms with E-state index in [4.69, 9.17) is 0 Å². The monoisotopic (exact) mass is 207 g/mol. The Bertz CT molecular complexity index is 302. The van der Waals surface area contributed by atoms with Gasteiger partial charge in [0.2, 0.25) is 0 Å². The van der Waals surface area contributed by atoms with Crippen molar-refractivity contribution in [1.82, 2.24) is 15.1 Å². The summed E-state index contributed by atoms with van der Waals surface area (Å²) >= 11 is 0. The minimum Gasteiger partial charge on any atom is -0.312 e. The van der Waals surface area contributed by atoms with Crippen molar-refractivity contribution in [3.63, 3.8) is 0 Å². The van der Waals surface area contributed by atoms with Crippen molar-refractivity contribution in [3.8, 4) is 0 Å². The number of rotatable bonds is 5. The Morgan fingerprint density at radius 1 is 1.60 bits per heavy atom. The molecule has 0 aliphatic heterocycles. The summed E-state index contributed by atoms with van der Waals surface area (Å²) in [4.78, 5) is 0. The predicted octanol–water partition coefficient (Wildman–Crippen LogP) is 2.35. The van der Waals surface area contributed by atoms with Gasteiger partial charge in [-0.2, -0.15) is 5.10 Å². The van der Waals surface area contributed by atoms with Crippen LogP contribution < -0.4 is 5.32 Å². The molecule has 3 heteroatoms. The Morgan fingerprint density at radius 3 is 2.93 bits per heavy atom. The van der Waals surface area contributed by atoms with Crippen LogP contribution in [0.15, 0.2) is 12.3 Å². The molecule has 2 rings (SSSR count). The molecule has 0 radical (unpaired) electrons. The summed E-state index contributed by atoms with van der Waals surface area (Å²) in [6, 6.07) is 2.63. The van der Waals surface area contributed by atoms with E-state index in [9.17, 15) is 0 Å². The third-order valence-corrected chi connectivity index (χ3v) is 3.55. The molecule has 1 unspecified atom stereocenters. The van der Waals surface area contributed by atoms with Gasteiger partial charge in [0.05, 0.1) is 5.69 Å². The highest BCUT2D eigenvalue weighted by molar-refractivity contribution is 5.07. The smallest absolute Gasteiger partial charge is 0.0553 e. The molecule has 0 bridgehead atoms. The molecule has 1 heterocycles. The summed E-state index contributed by atoms with van der Waals surface area (Å²) in [5, 5.41) is 7.75. The maximum absolute atomic E-state index is 4.33. The zero-order valence-electron chi connectivity index (χ0n) is 9.74. The molecular weight excluding hydrogens is 186 g/mol. The fourth-order valence-corrected chi connectivity index (χ4v) is 2.35. The molecule has 1 aromatic heterocycles. The SMILES string of the molecule is CCn1nccc1C(CC1CCC1)NC. The van der Waals surface area contributed by atoms with E-state index >= 15 is 0 Å². The highest BCUT2D eigenvalue weighted by atomic mass is 15.3. The van der Waals surface area contributed by atoms with E-state index in [0.29, 0.717) is 6.04 Å². The summed E-state index contributed by atoms with van der Waals surface area (Å²) in [6.45, 7) is 3.11. The standard InChI is InChI=1S/C12H21N3/c1-3-15-12(7-8-14-15)11(13-2)9-10-5-4-6-10/h7-8,10-11,13H,3-6,9H2,1-2H3. The van der Waals surface area contributed by atoms with Crippen LogP contribution in [0, 0.1) is 5.92 Å². The average Bonchev–Trinajstić information content (AvgIpc) is 2.64. The summed E-state index contributed by atoms with van der Waals surface area (Å²) in [6.07, 6.45) is 7.43. The molecule has 1 aliphatic carbocycles. The van der Waals surface area contributed by atoms with Crippen LogP contribution in [0.2, 0.25) is 0 Å². The third kappa shape index (κ3) is 2.23. The lowest BCUT2D eigenvalue weighted by atomic mass is 9.80. The van der Waals surface area contributed by atoms with Crippen LogP contribution in [0.5, 0.6) is 0 Å². The van der Waals surface area contributed by atoms with Crippen LogP contribution in [0.25, 0.3) is 0 Å². The van der Waals surface area contributed by atoms with Crippen LogP contribution in [-0.4, -0.2) is 16.8 Å². The number of hydrogen-bond acceptors (Lipinski definition) is 2. The summed E-state index contributed by atoms with van der Waals surface area (Å²) in [7, 11) is 2.05. The molecule has 0 aromatic carbocycles. The lowest BCUT2D eigenvalue weighted by Gasteiger charge is -2.29. The van der Waals surface area contributed by atoms with Gasteiger partial charge in [-0.25, -0.2) is 0 Å². The van der Waals surface area contributed by atoms with Crippen molar-refractivity contribution in [2.24, 2.45) is 5.92 Å². The summed E-state index contributed by atoms with van der Waals surface area (Å²) in [5.41, 5.74) is 1.34. The topological polar surface area (TPSA) is 29.9 Å². The molecule has 3 nitrogen and oxygen atoms in total. The van der Waals surface area contributed by atoms with Crippen molar-refractivity contribution >= 4 is 0 Å². The van der Waals surface area contributed by atoms with E-state index in [1.165, 1.54) is 31.4 Å². The number of nitrogens with one attached hydrogen (secondary N) is 1. The maximum Gasteiger partial charge on any atom is 0.0553 e. The van der Waals surface area contributed by atoms with Gasteiger partial charge in [-0.1, -0.05) is 19.3 Å². The fourth-order valence-electron chi connectivity index (χ4n) is 2.35. The lowest BCUT2D eigenvalue weighted by molar-refractivity contribution is 0.261. The Labute approximate surface area is 91.9 Å². The zero-order chi connectivity index (χ0) is 10.7. The van der Waals surface area contributed by atoms with Gasteiger partial charge in [-0.05, 0) is 32.4 Å². The minimum atomic E-state index is 0.484. The van der Waals surface area contributed by atoms with Crippen molar-refractivity contribution in [1.29, 1.82) is 0 Å². The number of aryl methyl sites for hydroxylation is 1. The Morgan fingerprint density at radius 2 is 2.40 bits per heavy atom. The summed E-state index contributed by atoms with van der Waals surface area (Å²) in [5.74, 6) is 0.933. The maximum atomic E-state index is 4.33. The normalized spacial score (nSPS) is 18.8. The van der Waals surface area contributed by atoms with Crippen molar-refractivity contribution in [2.45, 2.75) is 45.2 Å². The van der Waals surface area contributed by atoms with Crippen LogP contribution in [0.1, 0.15) is 44.3 Å². The first kappa shape index (κ1) is 10.7. The molecule has 1 saturated carbocycles. The van der Waals surface area contributed by atoms with Gasteiger partial charge < -0.3 is 5.32 Å². The van der Waals surface area contributed by atoms with Crippen molar-refractivity contribution < 1.29 is 0 Å². The van der Waals surface area contributed by atoms with Gasteiger partial charge in [0, 0.05) is 18.8 Å².